The van der Waals surface area contributed by atoms with Gasteiger partial charge in [-0.3, -0.25) is 5.10 Å². The van der Waals surface area contributed by atoms with Crippen LogP contribution < -0.4 is 15.8 Å². The predicted molar refractivity (Wildman–Crippen MR) is 98.5 cm³/mol. The molecular formula is C18H20N6O. The molecule has 0 bridgehead atoms. The number of aliphatic imine (C=N–C) groups is 1. The van der Waals surface area contributed by atoms with Crippen molar-refractivity contribution in [1.29, 1.82) is 0 Å². The summed E-state index contributed by atoms with van der Waals surface area (Å²) in [5.74, 6) is 2.55. The summed E-state index contributed by atoms with van der Waals surface area (Å²) in [5, 5.41) is 10.1. The number of ether oxygens (including phenoxy) is 1. The summed E-state index contributed by atoms with van der Waals surface area (Å²) >= 11 is 0. The van der Waals surface area contributed by atoms with Crippen LogP contribution in [0.4, 0.5) is 5.69 Å². The van der Waals surface area contributed by atoms with Gasteiger partial charge < -0.3 is 15.8 Å². The van der Waals surface area contributed by atoms with Crippen LogP contribution in [0.3, 0.4) is 0 Å². The van der Waals surface area contributed by atoms with E-state index in [0.717, 1.165) is 28.4 Å². The molecule has 0 aliphatic rings. The van der Waals surface area contributed by atoms with Crippen molar-refractivity contribution in [3.05, 3.63) is 59.9 Å². The third-order valence-electron chi connectivity index (χ3n) is 3.56. The zero-order chi connectivity index (χ0) is 17.6. The van der Waals surface area contributed by atoms with E-state index in [1.165, 1.54) is 0 Å². The van der Waals surface area contributed by atoms with Gasteiger partial charge in [0.05, 0.1) is 13.7 Å². The Morgan fingerprint density at radius 2 is 2.08 bits per heavy atom. The maximum Gasteiger partial charge on any atom is 0.193 e. The lowest BCUT2D eigenvalue weighted by Gasteiger charge is -2.07. The van der Waals surface area contributed by atoms with Gasteiger partial charge in [0, 0.05) is 17.3 Å². The zero-order valence-corrected chi connectivity index (χ0v) is 14.2. The number of aromatic amines is 1. The SMILES string of the molecule is COc1cccc(NC(N)=NCc2cccc(-c3n[nH]c(C)n3)c2)c1. The topological polar surface area (TPSA) is 101 Å². The van der Waals surface area contributed by atoms with Crippen LogP contribution >= 0.6 is 0 Å². The number of benzene rings is 2. The van der Waals surface area contributed by atoms with E-state index in [1.54, 1.807) is 7.11 Å². The molecule has 0 fully saturated rings. The lowest BCUT2D eigenvalue weighted by atomic mass is 10.1. The number of H-pyrrole nitrogens is 1. The molecule has 3 aromatic rings. The first-order valence-corrected chi connectivity index (χ1v) is 7.83. The van der Waals surface area contributed by atoms with Gasteiger partial charge in [-0.05, 0) is 30.7 Å². The Labute approximate surface area is 146 Å². The van der Waals surface area contributed by atoms with Gasteiger partial charge in [-0.25, -0.2) is 9.98 Å². The van der Waals surface area contributed by atoms with Gasteiger partial charge in [0.2, 0.25) is 0 Å². The summed E-state index contributed by atoms with van der Waals surface area (Å²) in [6.45, 7) is 2.33. The van der Waals surface area contributed by atoms with E-state index in [2.05, 4.69) is 25.5 Å². The minimum Gasteiger partial charge on any atom is -0.497 e. The van der Waals surface area contributed by atoms with E-state index >= 15 is 0 Å². The van der Waals surface area contributed by atoms with Crippen LogP contribution in [0.2, 0.25) is 0 Å². The smallest absolute Gasteiger partial charge is 0.193 e. The van der Waals surface area contributed by atoms with E-state index in [4.69, 9.17) is 10.5 Å². The number of nitrogens with zero attached hydrogens (tertiary/aromatic N) is 3. The van der Waals surface area contributed by atoms with Gasteiger partial charge in [-0.2, -0.15) is 5.10 Å². The highest BCUT2D eigenvalue weighted by atomic mass is 16.5. The number of aromatic nitrogens is 3. The van der Waals surface area contributed by atoms with Crippen molar-refractivity contribution in [3.8, 4) is 17.1 Å². The van der Waals surface area contributed by atoms with Crippen LogP contribution in [0.5, 0.6) is 5.75 Å². The van der Waals surface area contributed by atoms with Crippen molar-refractivity contribution in [3.63, 3.8) is 0 Å². The molecule has 2 aromatic carbocycles. The molecule has 0 aliphatic carbocycles. The summed E-state index contributed by atoms with van der Waals surface area (Å²) < 4.78 is 5.19. The molecule has 0 spiro atoms. The average molecular weight is 336 g/mol. The van der Waals surface area contributed by atoms with Crippen LogP contribution in [0, 0.1) is 6.92 Å². The second-order valence-electron chi connectivity index (χ2n) is 5.50. The molecule has 3 rings (SSSR count). The van der Waals surface area contributed by atoms with Gasteiger partial charge in [-0.15, -0.1) is 0 Å². The van der Waals surface area contributed by atoms with E-state index in [-0.39, 0.29) is 0 Å². The molecule has 0 atom stereocenters. The Balaban J connectivity index is 1.68. The Morgan fingerprint density at radius 3 is 2.84 bits per heavy atom. The first kappa shape index (κ1) is 16.5. The number of methoxy groups -OCH3 is 1. The van der Waals surface area contributed by atoms with E-state index < -0.39 is 0 Å². The standard InChI is InChI=1S/C18H20N6O/c1-12-21-17(24-23-12)14-6-3-5-13(9-14)11-20-18(19)22-15-7-4-8-16(10-15)25-2/h3-10H,11H2,1-2H3,(H3,19,20,22)(H,21,23,24). The summed E-state index contributed by atoms with van der Waals surface area (Å²) in [6.07, 6.45) is 0. The number of hydrogen-bond acceptors (Lipinski definition) is 4. The first-order chi connectivity index (χ1) is 12.1. The Morgan fingerprint density at radius 1 is 1.24 bits per heavy atom. The molecule has 1 aromatic heterocycles. The maximum atomic E-state index is 5.97. The van der Waals surface area contributed by atoms with E-state index in [0.29, 0.717) is 18.3 Å². The summed E-state index contributed by atoms with van der Waals surface area (Å²) in [5.41, 5.74) is 8.76. The van der Waals surface area contributed by atoms with Crippen LogP contribution in [0.25, 0.3) is 11.4 Å². The third kappa shape index (κ3) is 4.35. The number of nitrogens with one attached hydrogen (secondary N) is 2. The minimum absolute atomic E-state index is 0.340. The summed E-state index contributed by atoms with van der Waals surface area (Å²) in [4.78, 5) is 8.72. The number of hydrogen-bond donors (Lipinski definition) is 3. The molecular weight excluding hydrogens is 316 g/mol. The summed E-state index contributed by atoms with van der Waals surface area (Å²) in [6, 6.07) is 15.4. The van der Waals surface area contributed by atoms with Gasteiger partial charge in [-0.1, -0.05) is 24.3 Å². The number of nitrogens with two attached hydrogens (primary N) is 1. The number of guanidine groups is 1. The number of anilines is 1. The quantitative estimate of drug-likeness (QED) is 0.491. The lowest BCUT2D eigenvalue weighted by molar-refractivity contribution is 0.415. The fraction of sp³-hybridized carbons (Fsp3) is 0.167. The molecule has 0 amide bonds. The fourth-order valence-corrected chi connectivity index (χ4v) is 2.35. The molecule has 0 unspecified atom stereocenters. The van der Waals surface area contributed by atoms with Crippen LogP contribution in [0.15, 0.2) is 53.5 Å². The normalized spacial score (nSPS) is 11.4. The number of aryl methyl sites for hydroxylation is 1. The van der Waals surface area contributed by atoms with Crippen molar-refractivity contribution < 1.29 is 4.74 Å². The molecule has 7 heteroatoms. The molecule has 0 aliphatic heterocycles. The van der Waals surface area contributed by atoms with Crippen molar-refractivity contribution in [2.45, 2.75) is 13.5 Å². The van der Waals surface area contributed by atoms with Crippen LogP contribution in [-0.2, 0) is 6.54 Å². The van der Waals surface area contributed by atoms with Crippen molar-refractivity contribution in [2.75, 3.05) is 12.4 Å². The molecule has 25 heavy (non-hydrogen) atoms. The van der Waals surface area contributed by atoms with Gasteiger partial charge in [0.1, 0.15) is 11.6 Å². The molecule has 4 N–H and O–H groups in total. The Hall–Kier alpha value is -3.35. The number of rotatable bonds is 5. The Bertz CT molecular complexity index is 887. The zero-order valence-electron chi connectivity index (χ0n) is 14.2. The highest BCUT2D eigenvalue weighted by Gasteiger charge is 2.04. The average Bonchev–Trinajstić information content (AvgIpc) is 3.07. The van der Waals surface area contributed by atoms with Gasteiger partial charge in [0.15, 0.2) is 11.8 Å². The largest absolute Gasteiger partial charge is 0.497 e. The molecule has 0 saturated heterocycles. The van der Waals surface area contributed by atoms with Gasteiger partial charge in [0.25, 0.3) is 0 Å². The van der Waals surface area contributed by atoms with Crippen molar-refractivity contribution in [1.82, 2.24) is 15.2 Å². The molecule has 128 valence electrons. The molecule has 7 nitrogen and oxygen atoms in total. The van der Waals surface area contributed by atoms with E-state index in [1.807, 2.05) is 55.5 Å². The molecule has 1 heterocycles. The summed E-state index contributed by atoms with van der Waals surface area (Å²) in [7, 11) is 1.62. The minimum atomic E-state index is 0.340. The van der Waals surface area contributed by atoms with Crippen molar-refractivity contribution in [2.24, 2.45) is 10.7 Å². The highest BCUT2D eigenvalue weighted by Crippen LogP contribution is 2.18. The van der Waals surface area contributed by atoms with Crippen LogP contribution in [-0.4, -0.2) is 28.3 Å². The monoisotopic (exact) mass is 336 g/mol. The first-order valence-electron chi connectivity index (χ1n) is 7.83. The third-order valence-corrected chi connectivity index (χ3v) is 3.56. The van der Waals surface area contributed by atoms with Gasteiger partial charge >= 0.3 is 0 Å². The van der Waals surface area contributed by atoms with Crippen molar-refractivity contribution >= 4 is 11.6 Å². The molecule has 0 saturated carbocycles. The maximum absolute atomic E-state index is 5.97. The van der Waals surface area contributed by atoms with Crippen LogP contribution in [0.1, 0.15) is 11.4 Å². The fourth-order valence-electron chi connectivity index (χ4n) is 2.35. The van der Waals surface area contributed by atoms with E-state index in [9.17, 15) is 0 Å². The highest BCUT2D eigenvalue weighted by molar-refractivity contribution is 5.92. The molecule has 0 radical (unpaired) electrons. The predicted octanol–water partition coefficient (Wildman–Crippen LogP) is 2.72. The Kier molecular flexibility index (Phi) is 4.94. The second-order valence-corrected chi connectivity index (χ2v) is 5.50. The second kappa shape index (κ2) is 7.48. The lowest BCUT2D eigenvalue weighted by Crippen LogP contribution is -2.22.